The number of hydrogen-bond donors (Lipinski definition) is 2. The third-order valence-corrected chi connectivity index (χ3v) is 2.23. The topological polar surface area (TPSA) is 111 Å². The average molecular weight is 308 g/mol. The Morgan fingerprint density at radius 1 is 0.864 bits per heavy atom. The van der Waals surface area contributed by atoms with E-state index in [1.807, 2.05) is 0 Å². The van der Waals surface area contributed by atoms with Crippen molar-refractivity contribution in [1.82, 2.24) is 10.6 Å². The second-order valence-corrected chi connectivity index (χ2v) is 4.24. The first-order valence-electron chi connectivity index (χ1n) is 6.37. The highest BCUT2D eigenvalue weighted by Crippen LogP contribution is 2.19. The van der Waals surface area contributed by atoms with Crippen LogP contribution in [-0.2, 0) is 19.2 Å². The number of esters is 2. The van der Waals surface area contributed by atoms with Crippen LogP contribution in [-0.4, -0.2) is 36.8 Å². The summed E-state index contributed by atoms with van der Waals surface area (Å²) in [4.78, 5) is 44.2. The number of carbonyl (C=O) groups excluding carboxylic acids is 4. The summed E-state index contributed by atoms with van der Waals surface area (Å²) in [5, 5.41) is 4.60. The first-order chi connectivity index (χ1) is 10.4. The molecule has 0 fully saturated rings. The molecule has 0 aliphatic heterocycles. The maximum atomic E-state index is 11.4. The average Bonchev–Trinajstić information content (AvgIpc) is 2.43. The molecule has 0 aromatic heterocycles. The molecule has 2 amide bonds. The Morgan fingerprint density at radius 2 is 1.27 bits per heavy atom. The van der Waals surface area contributed by atoms with Crippen molar-refractivity contribution in [3.63, 3.8) is 0 Å². The van der Waals surface area contributed by atoms with Crippen molar-refractivity contribution in [3.05, 3.63) is 24.3 Å². The van der Waals surface area contributed by atoms with Crippen LogP contribution in [0.5, 0.6) is 11.5 Å². The summed E-state index contributed by atoms with van der Waals surface area (Å²) in [6.45, 7) is 2.04. The molecule has 0 saturated carbocycles. The monoisotopic (exact) mass is 308 g/mol. The summed E-state index contributed by atoms with van der Waals surface area (Å²) in [6, 6.07) is 5.87. The molecule has 0 heterocycles. The van der Waals surface area contributed by atoms with Gasteiger partial charge in [0.1, 0.15) is 24.6 Å². The van der Waals surface area contributed by atoms with Crippen molar-refractivity contribution in [2.45, 2.75) is 13.8 Å². The van der Waals surface area contributed by atoms with Gasteiger partial charge in [-0.2, -0.15) is 0 Å². The lowest BCUT2D eigenvalue weighted by atomic mass is 10.3. The van der Waals surface area contributed by atoms with Crippen LogP contribution in [0.1, 0.15) is 13.8 Å². The van der Waals surface area contributed by atoms with Gasteiger partial charge in [-0.05, 0) is 12.1 Å². The van der Waals surface area contributed by atoms with Gasteiger partial charge in [-0.25, -0.2) is 9.59 Å². The Balaban J connectivity index is 2.54. The predicted octanol–water partition coefficient (Wildman–Crippen LogP) is -0.230. The molecule has 0 atom stereocenters. The van der Waals surface area contributed by atoms with E-state index < -0.39 is 11.9 Å². The number of hydrogen-bond acceptors (Lipinski definition) is 6. The molecule has 22 heavy (non-hydrogen) atoms. The zero-order valence-corrected chi connectivity index (χ0v) is 12.2. The van der Waals surface area contributed by atoms with E-state index in [0.717, 1.165) is 0 Å². The lowest BCUT2D eigenvalue weighted by molar-refractivity contribution is -0.135. The maximum Gasteiger partial charge on any atom is 0.330 e. The normalized spacial score (nSPS) is 9.55. The standard InChI is InChI=1S/C14H16N2O6/c1-9(17)15-7-13(19)21-11-4-3-5-12(6-11)22-14(20)8-16-10(2)18/h3-6H,7-8H2,1-2H3,(H,15,17)(H,16,18). The molecule has 1 aromatic carbocycles. The highest BCUT2D eigenvalue weighted by atomic mass is 16.5. The van der Waals surface area contributed by atoms with Gasteiger partial charge in [0.05, 0.1) is 0 Å². The van der Waals surface area contributed by atoms with Crippen molar-refractivity contribution in [2.24, 2.45) is 0 Å². The van der Waals surface area contributed by atoms with Crippen LogP contribution in [0.3, 0.4) is 0 Å². The molecule has 0 bridgehead atoms. The van der Waals surface area contributed by atoms with Gasteiger partial charge >= 0.3 is 11.9 Å². The van der Waals surface area contributed by atoms with Gasteiger partial charge in [0.15, 0.2) is 0 Å². The van der Waals surface area contributed by atoms with E-state index >= 15 is 0 Å². The Kier molecular flexibility index (Phi) is 6.55. The lowest BCUT2D eigenvalue weighted by Gasteiger charge is -2.08. The SMILES string of the molecule is CC(=O)NCC(=O)Oc1cccc(OC(=O)CNC(C)=O)c1. The molecule has 0 unspecified atom stereocenters. The fraction of sp³-hybridized carbons (Fsp3) is 0.286. The van der Waals surface area contributed by atoms with Gasteiger partial charge in [-0.1, -0.05) is 6.07 Å². The number of rotatable bonds is 6. The minimum absolute atomic E-state index is 0.167. The Bertz CT molecular complexity index is 537. The molecular weight excluding hydrogens is 292 g/mol. The maximum absolute atomic E-state index is 11.4. The summed E-state index contributed by atoms with van der Waals surface area (Å²) in [6.07, 6.45) is 0. The van der Waals surface area contributed by atoms with E-state index in [1.165, 1.54) is 38.1 Å². The second kappa shape index (κ2) is 8.40. The molecular formula is C14H16N2O6. The molecule has 118 valence electrons. The van der Waals surface area contributed by atoms with Crippen LogP contribution in [0.2, 0.25) is 0 Å². The molecule has 0 spiro atoms. The van der Waals surface area contributed by atoms with Crippen molar-refractivity contribution in [2.75, 3.05) is 13.1 Å². The summed E-state index contributed by atoms with van der Waals surface area (Å²) < 4.78 is 9.94. The molecule has 8 nitrogen and oxygen atoms in total. The van der Waals surface area contributed by atoms with Crippen molar-refractivity contribution < 1.29 is 28.7 Å². The Labute approximate surface area is 126 Å². The number of benzene rings is 1. The summed E-state index contributed by atoms with van der Waals surface area (Å²) in [5.41, 5.74) is 0. The van der Waals surface area contributed by atoms with E-state index in [1.54, 1.807) is 0 Å². The van der Waals surface area contributed by atoms with Crippen LogP contribution in [0.4, 0.5) is 0 Å². The van der Waals surface area contributed by atoms with Crippen LogP contribution in [0.25, 0.3) is 0 Å². The fourth-order valence-electron chi connectivity index (χ4n) is 1.33. The molecule has 2 N–H and O–H groups in total. The third-order valence-electron chi connectivity index (χ3n) is 2.23. The van der Waals surface area contributed by atoms with Gasteiger partial charge in [0.2, 0.25) is 11.8 Å². The molecule has 0 aliphatic carbocycles. The molecule has 0 saturated heterocycles. The van der Waals surface area contributed by atoms with E-state index in [-0.39, 0.29) is 36.4 Å². The lowest BCUT2D eigenvalue weighted by Crippen LogP contribution is -2.30. The van der Waals surface area contributed by atoms with Crippen LogP contribution in [0, 0.1) is 0 Å². The first kappa shape index (κ1) is 17.2. The Hall–Kier alpha value is -2.90. The fourth-order valence-corrected chi connectivity index (χ4v) is 1.33. The zero-order chi connectivity index (χ0) is 16.5. The van der Waals surface area contributed by atoms with E-state index in [4.69, 9.17) is 9.47 Å². The summed E-state index contributed by atoms with van der Waals surface area (Å²) in [5.74, 6) is -1.68. The minimum Gasteiger partial charge on any atom is -0.425 e. The zero-order valence-electron chi connectivity index (χ0n) is 12.2. The van der Waals surface area contributed by atoms with Crippen LogP contribution in [0.15, 0.2) is 24.3 Å². The largest absolute Gasteiger partial charge is 0.425 e. The first-order valence-corrected chi connectivity index (χ1v) is 6.37. The number of amides is 2. The van der Waals surface area contributed by atoms with E-state index in [9.17, 15) is 19.2 Å². The molecule has 0 radical (unpaired) electrons. The van der Waals surface area contributed by atoms with Crippen molar-refractivity contribution in [3.8, 4) is 11.5 Å². The number of nitrogens with one attached hydrogen (secondary N) is 2. The smallest absolute Gasteiger partial charge is 0.330 e. The van der Waals surface area contributed by atoms with Crippen molar-refractivity contribution >= 4 is 23.8 Å². The van der Waals surface area contributed by atoms with Crippen LogP contribution >= 0.6 is 0 Å². The molecule has 8 heteroatoms. The summed E-state index contributed by atoms with van der Waals surface area (Å²) in [7, 11) is 0. The predicted molar refractivity (Wildman–Crippen MR) is 75.1 cm³/mol. The summed E-state index contributed by atoms with van der Waals surface area (Å²) >= 11 is 0. The van der Waals surface area contributed by atoms with Gasteiger partial charge in [-0.3, -0.25) is 9.59 Å². The number of carbonyl (C=O) groups is 4. The minimum atomic E-state index is -0.656. The van der Waals surface area contributed by atoms with Gasteiger partial charge in [0.25, 0.3) is 0 Å². The Morgan fingerprint density at radius 3 is 1.64 bits per heavy atom. The third kappa shape index (κ3) is 7.04. The highest BCUT2D eigenvalue weighted by molar-refractivity contribution is 5.82. The van der Waals surface area contributed by atoms with Gasteiger partial charge in [-0.15, -0.1) is 0 Å². The van der Waals surface area contributed by atoms with Gasteiger partial charge < -0.3 is 20.1 Å². The van der Waals surface area contributed by atoms with Crippen LogP contribution < -0.4 is 20.1 Å². The number of ether oxygens (including phenoxy) is 2. The van der Waals surface area contributed by atoms with Gasteiger partial charge in [0, 0.05) is 19.9 Å². The highest BCUT2D eigenvalue weighted by Gasteiger charge is 2.09. The van der Waals surface area contributed by atoms with Crippen molar-refractivity contribution in [1.29, 1.82) is 0 Å². The quantitative estimate of drug-likeness (QED) is 0.555. The van der Waals surface area contributed by atoms with E-state index in [2.05, 4.69) is 10.6 Å². The van der Waals surface area contributed by atoms with E-state index in [0.29, 0.717) is 0 Å². The molecule has 1 rings (SSSR count). The second-order valence-electron chi connectivity index (χ2n) is 4.24. The molecule has 1 aromatic rings. The molecule has 0 aliphatic rings.